The van der Waals surface area contributed by atoms with Gasteiger partial charge in [0.1, 0.15) is 5.69 Å². The van der Waals surface area contributed by atoms with E-state index in [1.165, 1.54) is 31.7 Å². The van der Waals surface area contributed by atoms with Crippen LogP contribution in [-0.4, -0.2) is 29.9 Å². The van der Waals surface area contributed by atoms with Gasteiger partial charge < -0.3 is 19.3 Å². The van der Waals surface area contributed by atoms with Crippen LogP contribution in [0.2, 0.25) is 0 Å². The monoisotopic (exact) mass is 386 g/mol. The Balaban J connectivity index is 1.71. The number of anilines is 1. The van der Waals surface area contributed by atoms with E-state index in [-0.39, 0.29) is 18.1 Å². The molecule has 1 aliphatic heterocycles. The second-order valence-corrected chi connectivity index (χ2v) is 8.63. The Morgan fingerprint density at radius 3 is 2.43 bits per heavy atom. The van der Waals surface area contributed by atoms with Crippen molar-refractivity contribution in [3.63, 3.8) is 0 Å². The van der Waals surface area contributed by atoms with E-state index in [2.05, 4.69) is 4.90 Å². The molecule has 2 atom stereocenters. The number of hydrogen-bond acceptors (Lipinski definition) is 4. The predicted octanol–water partition coefficient (Wildman–Crippen LogP) is 3.60. The summed E-state index contributed by atoms with van der Waals surface area (Å²) in [6, 6.07) is 1.64. The molecule has 1 saturated heterocycles. The summed E-state index contributed by atoms with van der Waals surface area (Å²) in [6.45, 7) is 1.36. The second-order valence-electron chi connectivity index (χ2n) is 8.63. The van der Waals surface area contributed by atoms with Crippen LogP contribution in [0.25, 0.3) is 10.9 Å². The topological polar surface area (TPSA) is 54.7 Å². The number of pyridine rings is 1. The number of aromatic nitrogens is 1. The number of methoxy groups -OCH3 is 1. The number of aliphatic hydroxyl groups is 1. The number of ether oxygens (including phenoxy) is 1. The van der Waals surface area contributed by atoms with Crippen molar-refractivity contribution < 1.29 is 14.2 Å². The zero-order valence-corrected chi connectivity index (χ0v) is 16.3. The number of aliphatic hydroxyl groups excluding tert-OH is 1. The number of nitrogens with zero attached hydrogens (tertiary/aromatic N) is 2. The molecule has 6 heteroatoms. The molecule has 0 amide bonds. The molecule has 5 rings (SSSR count). The van der Waals surface area contributed by atoms with Crippen LogP contribution in [0, 0.1) is 17.7 Å². The van der Waals surface area contributed by atoms with Gasteiger partial charge in [-0.05, 0) is 43.6 Å². The first-order valence-corrected chi connectivity index (χ1v) is 10.4. The fraction of sp³-hybridized carbons (Fsp3) is 0.591. The van der Waals surface area contributed by atoms with Crippen molar-refractivity contribution in [1.29, 1.82) is 0 Å². The molecule has 3 aliphatic rings. The van der Waals surface area contributed by atoms with Gasteiger partial charge in [-0.1, -0.05) is 12.8 Å². The fourth-order valence-electron chi connectivity index (χ4n) is 5.33. The molecular formula is C22H27FN2O3. The van der Waals surface area contributed by atoms with Gasteiger partial charge >= 0.3 is 0 Å². The van der Waals surface area contributed by atoms with E-state index in [1.807, 2.05) is 4.57 Å². The first kappa shape index (κ1) is 18.0. The van der Waals surface area contributed by atoms with Gasteiger partial charge in [-0.25, -0.2) is 4.39 Å². The largest absolute Gasteiger partial charge is 0.492 e. The Labute approximate surface area is 163 Å². The van der Waals surface area contributed by atoms with E-state index in [1.54, 1.807) is 13.3 Å². The third-order valence-electron chi connectivity index (χ3n) is 6.88. The Hall–Kier alpha value is -2.08. The molecule has 2 aromatic rings. The highest BCUT2D eigenvalue weighted by Gasteiger charge is 2.37. The minimum absolute atomic E-state index is 0.279. The van der Waals surface area contributed by atoms with Crippen molar-refractivity contribution in [1.82, 2.24) is 4.57 Å². The van der Waals surface area contributed by atoms with E-state index < -0.39 is 5.82 Å². The van der Waals surface area contributed by atoms with Crippen LogP contribution in [-0.2, 0) is 6.61 Å². The van der Waals surface area contributed by atoms with Crippen LogP contribution in [0.4, 0.5) is 10.1 Å². The van der Waals surface area contributed by atoms with Crippen molar-refractivity contribution in [2.45, 2.75) is 51.2 Å². The summed E-state index contributed by atoms with van der Waals surface area (Å²) in [6.07, 6.45) is 8.72. The summed E-state index contributed by atoms with van der Waals surface area (Å²) in [5.74, 6) is 1.30. The maximum atomic E-state index is 15.3. The van der Waals surface area contributed by atoms with E-state index in [0.29, 0.717) is 39.7 Å². The van der Waals surface area contributed by atoms with Crippen LogP contribution in [0.3, 0.4) is 0 Å². The van der Waals surface area contributed by atoms with Crippen LogP contribution in [0.1, 0.15) is 50.1 Å². The number of benzene rings is 1. The van der Waals surface area contributed by atoms with Crippen LogP contribution >= 0.6 is 0 Å². The second kappa shape index (κ2) is 6.76. The van der Waals surface area contributed by atoms with Gasteiger partial charge in [0.05, 0.1) is 24.6 Å². The molecule has 150 valence electrons. The van der Waals surface area contributed by atoms with Crippen molar-refractivity contribution in [3.8, 4) is 5.75 Å². The molecule has 2 saturated carbocycles. The lowest BCUT2D eigenvalue weighted by Gasteiger charge is -2.25. The summed E-state index contributed by atoms with van der Waals surface area (Å²) in [5.41, 5.74) is 1.16. The highest BCUT2D eigenvalue weighted by molar-refractivity contribution is 5.92. The number of fused-ring (bicyclic) bond motifs is 2. The van der Waals surface area contributed by atoms with Crippen LogP contribution in [0.15, 0.2) is 17.1 Å². The molecular weight excluding hydrogens is 359 g/mol. The Morgan fingerprint density at radius 2 is 1.86 bits per heavy atom. The normalized spacial score (nSPS) is 24.6. The molecule has 28 heavy (non-hydrogen) atoms. The van der Waals surface area contributed by atoms with E-state index >= 15 is 4.39 Å². The molecule has 1 aromatic carbocycles. The Bertz CT molecular complexity index is 968. The average Bonchev–Trinajstić information content (AvgIpc) is 3.46. The molecule has 0 unspecified atom stereocenters. The lowest BCUT2D eigenvalue weighted by atomic mass is 9.82. The first-order valence-electron chi connectivity index (χ1n) is 10.4. The Kier molecular flexibility index (Phi) is 4.34. The molecule has 0 bridgehead atoms. The minimum Gasteiger partial charge on any atom is -0.492 e. The molecule has 5 nitrogen and oxygen atoms in total. The van der Waals surface area contributed by atoms with Crippen molar-refractivity contribution in [2.75, 3.05) is 25.1 Å². The molecule has 3 fully saturated rings. The molecule has 0 spiro atoms. The lowest BCUT2D eigenvalue weighted by molar-refractivity contribution is 0.280. The third-order valence-corrected chi connectivity index (χ3v) is 6.88. The quantitative estimate of drug-likeness (QED) is 0.872. The van der Waals surface area contributed by atoms with Crippen molar-refractivity contribution >= 4 is 16.6 Å². The van der Waals surface area contributed by atoms with Crippen molar-refractivity contribution in [2.24, 2.45) is 11.8 Å². The van der Waals surface area contributed by atoms with Crippen molar-refractivity contribution in [3.05, 3.63) is 33.9 Å². The predicted molar refractivity (Wildman–Crippen MR) is 107 cm³/mol. The number of rotatable bonds is 4. The fourth-order valence-corrected chi connectivity index (χ4v) is 5.33. The highest BCUT2D eigenvalue weighted by atomic mass is 19.1. The molecule has 2 aliphatic carbocycles. The van der Waals surface area contributed by atoms with Crippen LogP contribution in [0.5, 0.6) is 5.75 Å². The molecule has 0 radical (unpaired) electrons. The number of hydrogen-bond donors (Lipinski definition) is 1. The molecule has 1 aromatic heterocycles. The van der Waals surface area contributed by atoms with Gasteiger partial charge in [0.25, 0.3) is 0 Å². The SMILES string of the molecule is COc1c(N2C[C@H]3CCCC[C@H]3C2)c(F)cc2c(=O)c(CO)cn(C3CC3)c12. The van der Waals surface area contributed by atoms with Gasteiger partial charge in [0, 0.05) is 30.9 Å². The standard InChI is InChI=1S/C22H27FN2O3/c1-28-22-19-17(21(27)15(12-26)11-25(19)16-6-7-16)8-18(23)20(22)24-9-13-4-2-3-5-14(13)10-24/h8,11,13-14,16,26H,2-7,9-10,12H2,1H3/t13-,14+. The van der Waals surface area contributed by atoms with Gasteiger partial charge in [-0.3, -0.25) is 4.79 Å². The average molecular weight is 386 g/mol. The Morgan fingerprint density at radius 1 is 1.18 bits per heavy atom. The van der Waals surface area contributed by atoms with E-state index in [9.17, 15) is 9.90 Å². The zero-order valence-electron chi connectivity index (χ0n) is 16.3. The third kappa shape index (κ3) is 2.72. The van der Waals surface area contributed by atoms with E-state index in [4.69, 9.17) is 4.74 Å². The van der Waals surface area contributed by atoms with E-state index in [0.717, 1.165) is 25.9 Å². The maximum absolute atomic E-state index is 15.3. The summed E-state index contributed by atoms with van der Waals surface area (Å²) >= 11 is 0. The highest BCUT2D eigenvalue weighted by Crippen LogP contribution is 2.46. The summed E-state index contributed by atoms with van der Waals surface area (Å²) < 4.78 is 23.1. The lowest BCUT2D eigenvalue weighted by Crippen LogP contribution is -2.23. The van der Waals surface area contributed by atoms with Gasteiger partial charge in [-0.2, -0.15) is 0 Å². The summed E-state index contributed by atoms with van der Waals surface area (Å²) in [4.78, 5) is 14.9. The summed E-state index contributed by atoms with van der Waals surface area (Å²) in [7, 11) is 1.56. The minimum atomic E-state index is -0.405. The molecule has 1 N–H and O–H groups in total. The van der Waals surface area contributed by atoms with Gasteiger partial charge in [-0.15, -0.1) is 0 Å². The first-order chi connectivity index (χ1) is 13.6. The zero-order chi connectivity index (χ0) is 19.4. The van der Waals surface area contributed by atoms with Gasteiger partial charge in [0.15, 0.2) is 17.0 Å². The van der Waals surface area contributed by atoms with Crippen LogP contribution < -0.4 is 15.1 Å². The maximum Gasteiger partial charge on any atom is 0.195 e. The smallest absolute Gasteiger partial charge is 0.195 e. The molecule has 2 heterocycles. The number of halogens is 1. The van der Waals surface area contributed by atoms with Gasteiger partial charge in [0.2, 0.25) is 0 Å². The summed E-state index contributed by atoms with van der Waals surface area (Å²) in [5, 5.41) is 9.90.